The number of pyridine rings is 2. The standard InChI is InChI=1S/C40H49FN8O3/c1-25(2)48-23-43-35-18-34(45-39(38(35)48)44-33-8-11-42-19-32(33)41)28-6-7-31(40(3)9-12-46(13-10-40)37(52)22-50)36(15-28)49(24-51)30-16-29(17-30)47-20-26-4-5-27(14-26)21-47/h6-8,11,15,18-19,23-27,29-30,50H,4-5,9-10,12-14,16-17,20-22H2,1-3H3,(H,42,44,45). The fourth-order valence-corrected chi connectivity index (χ4v) is 9.29. The number of hydrogen-bond acceptors (Lipinski definition) is 8. The van der Waals surface area contributed by atoms with E-state index in [1.54, 1.807) is 17.3 Å². The number of hydrogen-bond donors (Lipinski definition) is 2. The number of aliphatic hydroxyl groups excluding tert-OH is 1. The molecule has 8 rings (SSSR count). The van der Waals surface area contributed by atoms with Crippen molar-refractivity contribution < 1.29 is 19.1 Å². The number of nitrogens with zero attached hydrogens (tertiary/aromatic N) is 7. The summed E-state index contributed by atoms with van der Waals surface area (Å²) in [6, 6.07) is 10.5. The Morgan fingerprint density at radius 1 is 1.12 bits per heavy atom. The Balaban J connectivity index is 1.17. The summed E-state index contributed by atoms with van der Waals surface area (Å²) in [5.41, 5.74) is 4.87. The van der Waals surface area contributed by atoms with Crippen molar-refractivity contribution in [3.63, 3.8) is 0 Å². The number of fused-ring (bicyclic) bond motifs is 3. The molecule has 2 aliphatic carbocycles. The maximum absolute atomic E-state index is 14.9. The highest BCUT2D eigenvalue weighted by atomic mass is 19.1. The van der Waals surface area contributed by atoms with Gasteiger partial charge in [-0.2, -0.15) is 0 Å². The molecular weight excluding hydrogens is 659 g/mol. The van der Waals surface area contributed by atoms with Crippen LogP contribution in [0, 0.1) is 17.7 Å². The highest BCUT2D eigenvalue weighted by molar-refractivity contribution is 5.92. The van der Waals surface area contributed by atoms with Crippen LogP contribution >= 0.6 is 0 Å². The van der Waals surface area contributed by atoms with E-state index in [1.807, 2.05) is 15.5 Å². The van der Waals surface area contributed by atoms with E-state index in [0.717, 1.165) is 58.9 Å². The monoisotopic (exact) mass is 708 g/mol. The third-order valence-electron chi connectivity index (χ3n) is 12.5. The van der Waals surface area contributed by atoms with E-state index in [-0.39, 0.29) is 29.1 Å². The third-order valence-corrected chi connectivity index (χ3v) is 12.5. The maximum atomic E-state index is 14.9. The number of likely N-dealkylation sites (tertiary alicyclic amines) is 2. The molecule has 274 valence electrons. The van der Waals surface area contributed by atoms with Gasteiger partial charge in [0.1, 0.15) is 12.1 Å². The molecule has 52 heavy (non-hydrogen) atoms. The van der Waals surface area contributed by atoms with Crippen molar-refractivity contribution in [1.82, 2.24) is 29.3 Å². The molecule has 4 aliphatic rings. The van der Waals surface area contributed by atoms with Crippen LogP contribution in [0.5, 0.6) is 0 Å². The van der Waals surface area contributed by atoms with E-state index in [0.29, 0.717) is 43.5 Å². The van der Waals surface area contributed by atoms with Crippen molar-refractivity contribution in [3.8, 4) is 11.3 Å². The first-order valence-corrected chi connectivity index (χ1v) is 18.9. The average molecular weight is 709 g/mol. The zero-order chi connectivity index (χ0) is 36.1. The maximum Gasteiger partial charge on any atom is 0.248 e. The molecule has 2 atom stereocenters. The van der Waals surface area contributed by atoms with Crippen LogP contribution in [0.15, 0.2) is 49.1 Å². The number of anilines is 3. The summed E-state index contributed by atoms with van der Waals surface area (Å²) in [5.74, 6) is 1.38. The molecule has 3 aromatic heterocycles. The second-order valence-electron chi connectivity index (χ2n) is 16.1. The van der Waals surface area contributed by atoms with Gasteiger partial charge in [-0.1, -0.05) is 19.1 Å². The normalized spacial score (nSPS) is 24.2. The second kappa shape index (κ2) is 13.9. The Kier molecular flexibility index (Phi) is 9.23. The second-order valence-corrected chi connectivity index (χ2v) is 16.1. The molecular formula is C40H49FN8O3. The molecule has 2 aliphatic heterocycles. The topological polar surface area (TPSA) is 120 Å². The van der Waals surface area contributed by atoms with Gasteiger partial charge in [-0.25, -0.2) is 14.4 Å². The van der Waals surface area contributed by atoms with E-state index < -0.39 is 12.4 Å². The Labute approximate surface area is 304 Å². The highest BCUT2D eigenvalue weighted by Crippen LogP contribution is 2.46. The van der Waals surface area contributed by atoms with Gasteiger partial charge in [0.15, 0.2) is 11.6 Å². The van der Waals surface area contributed by atoms with Crippen molar-refractivity contribution in [1.29, 1.82) is 0 Å². The first-order chi connectivity index (χ1) is 25.1. The Hall–Kier alpha value is -4.42. The lowest BCUT2D eigenvalue weighted by Crippen LogP contribution is -2.56. The zero-order valence-electron chi connectivity index (χ0n) is 30.3. The Morgan fingerprint density at radius 2 is 1.87 bits per heavy atom. The summed E-state index contributed by atoms with van der Waals surface area (Å²) in [4.78, 5) is 45.6. The number of imidazole rings is 1. The van der Waals surface area contributed by atoms with E-state index in [2.05, 4.69) is 54.2 Å². The van der Waals surface area contributed by atoms with Gasteiger partial charge in [-0.3, -0.25) is 19.5 Å². The number of carbonyl (C=O) groups is 2. The van der Waals surface area contributed by atoms with Gasteiger partial charge in [0.2, 0.25) is 12.3 Å². The fraction of sp³-hybridized carbons (Fsp3) is 0.525. The Morgan fingerprint density at radius 3 is 2.54 bits per heavy atom. The molecule has 2 N–H and O–H groups in total. The van der Waals surface area contributed by atoms with Crippen LogP contribution in [0.4, 0.5) is 21.6 Å². The van der Waals surface area contributed by atoms with Crippen LogP contribution in [0.3, 0.4) is 0 Å². The van der Waals surface area contributed by atoms with Crippen molar-refractivity contribution in [3.05, 3.63) is 60.4 Å². The summed E-state index contributed by atoms with van der Waals surface area (Å²) < 4.78 is 16.9. The minimum Gasteiger partial charge on any atom is -0.387 e. The molecule has 12 heteroatoms. The van der Waals surface area contributed by atoms with Crippen LogP contribution in [0.2, 0.25) is 0 Å². The first-order valence-electron chi connectivity index (χ1n) is 18.9. The van der Waals surface area contributed by atoms with Gasteiger partial charge in [-0.05, 0) is 99.8 Å². The molecule has 4 aromatic rings. The van der Waals surface area contributed by atoms with Crippen molar-refractivity contribution in [2.75, 3.05) is 43.0 Å². The number of halogens is 1. The molecule has 4 fully saturated rings. The minimum atomic E-state index is -0.492. The molecule has 2 saturated carbocycles. The quantitative estimate of drug-likeness (QED) is 0.191. The van der Waals surface area contributed by atoms with E-state index in [9.17, 15) is 19.1 Å². The summed E-state index contributed by atoms with van der Waals surface area (Å²) >= 11 is 0. The Bertz CT molecular complexity index is 1960. The highest BCUT2D eigenvalue weighted by Gasteiger charge is 2.44. The first kappa shape index (κ1) is 34.7. The lowest BCUT2D eigenvalue weighted by molar-refractivity contribution is -0.135. The molecule has 2 bridgehead atoms. The molecule has 5 heterocycles. The molecule has 2 unspecified atom stereocenters. The molecule has 2 saturated heterocycles. The van der Waals surface area contributed by atoms with Gasteiger partial charge >= 0.3 is 0 Å². The summed E-state index contributed by atoms with van der Waals surface area (Å²) in [6.07, 6.45) is 12.9. The van der Waals surface area contributed by atoms with Gasteiger partial charge in [0.25, 0.3) is 0 Å². The fourth-order valence-electron chi connectivity index (χ4n) is 9.29. The largest absolute Gasteiger partial charge is 0.387 e. The van der Waals surface area contributed by atoms with Crippen molar-refractivity contribution in [2.24, 2.45) is 11.8 Å². The van der Waals surface area contributed by atoms with E-state index >= 15 is 0 Å². The molecule has 0 radical (unpaired) electrons. The number of aromatic nitrogens is 4. The zero-order valence-corrected chi connectivity index (χ0v) is 30.3. The molecule has 11 nitrogen and oxygen atoms in total. The van der Waals surface area contributed by atoms with Gasteiger partial charge < -0.3 is 24.8 Å². The molecule has 2 amide bonds. The lowest BCUT2D eigenvalue weighted by Gasteiger charge is -2.49. The number of aliphatic hydroxyl groups is 1. The summed E-state index contributed by atoms with van der Waals surface area (Å²) in [5, 5.41) is 12.7. The minimum absolute atomic E-state index is 0.0832. The lowest BCUT2D eigenvalue weighted by atomic mass is 9.72. The number of rotatable bonds is 10. The average Bonchev–Trinajstić information content (AvgIpc) is 3.72. The van der Waals surface area contributed by atoms with Gasteiger partial charge in [-0.15, -0.1) is 0 Å². The number of amides is 2. The third kappa shape index (κ3) is 6.33. The van der Waals surface area contributed by atoms with Crippen molar-refractivity contribution >= 4 is 40.5 Å². The van der Waals surface area contributed by atoms with Crippen LogP contribution in [0.1, 0.15) is 77.3 Å². The number of benzene rings is 1. The van der Waals surface area contributed by atoms with Crippen LogP contribution < -0.4 is 10.2 Å². The number of nitrogens with one attached hydrogen (secondary N) is 1. The summed E-state index contributed by atoms with van der Waals surface area (Å²) in [7, 11) is 0. The van der Waals surface area contributed by atoms with Crippen molar-refractivity contribution in [2.45, 2.75) is 89.3 Å². The van der Waals surface area contributed by atoms with Crippen LogP contribution in [-0.4, -0.2) is 91.6 Å². The predicted octanol–water partition coefficient (Wildman–Crippen LogP) is 6.06. The number of piperidine rings is 2. The van der Waals surface area contributed by atoms with Gasteiger partial charge in [0.05, 0.1) is 29.4 Å². The number of carbonyl (C=O) groups excluding carboxylic acids is 2. The smallest absolute Gasteiger partial charge is 0.248 e. The van der Waals surface area contributed by atoms with Crippen LogP contribution in [0.25, 0.3) is 22.3 Å². The summed E-state index contributed by atoms with van der Waals surface area (Å²) in [6.45, 7) is 9.29. The van der Waals surface area contributed by atoms with Crippen LogP contribution in [-0.2, 0) is 15.0 Å². The molecule has 1 aromatic carbocycles. The SMILES string of the molecule is CC(C)n1cnc2cc(-c3ccc(C4(C)CCN(C(=O)CO)CC4)c(N(C=O)C4CC(N5CC6CCC(C6)C5)C4)c3)nc(Nc3ccncc3F)c21. The van der Waals surface area contributed by atoms with Gasteiger partial charge in [0, 0.05) is 61.8 Å². The van der Waals surface area contributed by atoms with E-state index in [4.69, 9.17) is 9.97 Å². The predicted molar refractivity (Wildman–Crippen MR) is 199 cm³/mol. The van der Waals surface area contributed by atoms with E-state index in [1.165, 1.54) is 44.7 Å². The molecule has 0 spiro atoms.